The predicted octanol–water partition coefficient (Wildman–Crippen LogP) is 2.93. The van der Waals surface area contributed by atoms with Crippen LogP contribution in [0.3, 0.4) is 0 Å². The first kappa shape index (κ1) is 14.2. The van der Waals surface area contributed by atoms with Crippen LogP contribution in [0.25, 0.3) is 6.08 Å². The summed E-state index contributed by atoms with van der Waals surface area (Å²) in [7, 11) is 2.07. The van der Waals surface area contributed by atoms with Crippen molar-refractivity contribution in [2.24, 2.45) is 5.41 Å². The van der Waals surface area contributed by atoms with Crippen LogP contribution in [-0.4, -0.2) is 36.8 Å². The van der Waals surface area contributed by atoms with E-state index in [0.717, 1.165) is 31.5 Å². The van der Waals surface area contributed by atoms with Crippen molar-refractivity contribution in [3.63, 3.8) is 0 Å². The van der Waals surface area contributed by atoms with Crippen molar-refractivity contribution in [1.82, 2.24) is 4.90 Å². The van der Waals surface area contributed by atoms with Crippen LogP contribution in [0.2, 0.25) is 0 Å². The minimum absolute atomic E-state index is 0.137. The van der Waals surface area contributed by atoms with Crippen molar-refractivity contribution in [2.75, 3.05) is 26.7 Å². The fourth-order valence-corrected chi connectivity index (χ4v) is 2.62. The molecule has 0 aromatic heterocycles. The fraction of sp³-hybridized carbons (Fsp3) is 0.500. The van der Waals surface area contributed by atoms with Gasteiger partial charge in [-0.2, -0.15) is 0 Å². The molecule has 19 heavy (non-hydrogen) atoms. The lowest BCUT2D eigenvalue weighted by Crippen LogP contribution is -2.43. The van der Waals surface area contributed by atoms with Crippen LogP contribution in [-0.2, 0) is 0 Å². The Morgan fingerprint density at radius 1 is 1.32 bits per heavy atom. The highest BCUT2D eigenvalue weighted by atomic mass is 19.1. The van der Waals surface area contributed by atoms with Gasteiger partial charge in [-0.25, -0.2) is 4.39 Å². The molecule has 2 nitrogen and oxygen atoms in total. The van der Waals surface area contributed by atoms with Gasteiger partial charge in [0, 0.05) is 25.1 Å². The van der Waals surface area contributed by atoms with Crippen LogP contribution < -0.4 is 0 Å². The molecule has 0 aliphatic heterocycles. The average Bonchev–Trinajstić information content (AvgIpc) is 2.36. The number of likely N-dealkylation sites (N-methyl/N-ethyl adjacent to an activating group) is 1. The molecule has 0 heterocycles. The van der Waals surface area contributed by atoms with Gasteiger partial charge in [-0.1, -0.05) is 30.7 Å². The molecule has 0 unspecified atom stereocenters. The zero-order chi connectivity index (χ0) is 13.7. The van der Waals surface area contributed by atoms with E-state index in [4.69, 9.17) is 0 Å². The van der Waals surface area contributed by atoms with E-state index in [1.807, 2.05) is 6.08 Å². The molecule has 0 saturated heterocycles. The van der Waals surface area contributed by atoms with Gasteiger partial charge in [-0.3, -0.25) is 0 Å². The molecule has 104 valence electrons. The van der Waals surface area contributed by atoms with Gasteiger partial charge in [0.1, 0.15) is 5.82 Å². The van der Waals surface area contributed by atoms with Gasteiger partial charge in [0.05, 0.1) is 0 Å². The molecule has 2 rings (SSSR count). The maximum absolute atomic E-state index is 12.8. The first-order valence-corrected chi connectivity index (χ1v) is 6.85. The van der Waals surface area contributed by atoms with Crippen molar-refractivity contribution < 1.29 is 9.50 Å². The SMILES string of the molecule is CN(C/C=C/c1ccc(F)cc1)CC1(CO)CCC1. The van der Waals surface area contributed by atoms with E-state index >= 15 is 0 Å². The van der Waals surface area contributed by atoms with Crippen LogP contribution in [0, 0.1) is 11.2 Å². The topological polar surface area (TPSA) is 23.5 Å². The summed E-state index contributed by atoms with van der Waals surface area (Å²) in [6, 6.07) is 6.48. The van der Waals surface area contributed by atoms with Crippen molar-refractivity contribution in [1.29, 1.82) is 0 Å². The molecule has 1 aromatic rings. The maximum atomic E-state index is 12.8. The Morgan fingerprint density at radius 2 is 2.00 bits per heavy atom. The number of benzene rings is 1. The van der Waals surface area contributed by atoms with Gasteiger partial charge < -0.3 is 10.0 Å². The molecule has 0 radical (unpaired) electrons. The summed E-state index contributed by atoms with van der Waals surface area (Å²) in [5.41, 5.74) is 1.15. The van der Waals surface area contributed by atoms with E-state index in [1.165, 1.54) is 18.6 Å². The van der Waals surface area contributed by atoms with E-state index in [0.29, 0.717) is 6.61 Å². The fourth-order valence-electron chi connectivity index (χ4n) is 2.62. The Bertz CT molecular complexity index is 417. The largest absolute Gasteiger partial charge is 0.396 e. The van der Waals surface area contributed by atoms with Crippen LogP contribution in [0.4, 0.5) is 4.39 Å². The summed E-state index contributed by atoms with van der Waals surface area (Å²) in [5.74, 6) is -0.205. The van der Waals surface area contributed by atoms with Crippen LogP contribution in [0.15, 0.2) is 30.3 Å². The molecule has 1 N–H and O–H groups in total. The Hall–Kier alpha value is -1.19. The van der Waals surface area contributed by atoms with Crippen molar-refractivity contribution in [3.8, 4) is 0 Å². The van der Waals surface area contributed by atoms with E-state index in [9.17, 15) is 9.50 Å². The van der Waals surface area contributed by atoms with E-state index < -0.39 is 0 Å². The van der Waals surface area contributed by atoms with Crippen LogP contribution in [0.1, 0.15) is 24.8 Å². The second-order valence-electron chi connectivity index (χ2n) is 5.66. The van der Waals surface area contributed by atoms with Crippen molar-refractivity contribution >= 4 is 6.08 Å². The van der Waals surface area contributed by atoms with Gasteiger partial charge in [-0.15, -0.1) is 0 Å². The molecule has 1 fully saturated rings. The maximum Gasteiger partial charge on any atom is 0.123 e. The molecule has 1 saturated carbocycles. The molecular weight excluding hydrogens is 241 g/mol. The first-order chi connectivity index (χ1) is 9.13. The Morgan fingerprint density at radius 3 is 2.53 bits per heavy atom. The normalized spacial score (nSPS) is 17.9. The Labute approximate surface area is 114 Å². The summed E-state index contributed by atoms with van der Waals surface area (Å²) in [4.78, 5) is 2.23. The standard InChI is InChI=1S/C16H22FNO/c1-18(12-16(13-19)9-3-10-16)11-2-4-14-5-7-15(17)8-6-14/h2,4-8,19H,3,9-13H2,1H3/b4-2+. The third-order valence-corrected chi connectivity index (χ3v) is 3.95. The number of nitrogens with zero attached hydrogens (tertiary/aromatic N) is 1. The first-order valence-electron chi connectivity index (χ1n) is 6.85. The molecule has 0 atom stereocenters. The summed E-state index contributed by atoms with van der Waals surface area (Å²) in [5, 5.41) is 9.43. The van der Waals surface area contributed by atoms with Crippen LogP contribution in [0.5, 0.6) is 0 Å². The van der Waals surface area contributed by atoms with Crippen LogP contribution >= 0.6 is 0 Å². The van der Waals surface area contributed by atoms with E-state index in [1.54, 1.807) is 12.1 Å². The molecule has 1 aromatic carbocycles. The van der Waals surface area contributed by atoms with Gasteiger partial charge in [-0.05, 0) is 37.6 Å². The lowest BCUT2D eigenvalue weighted by molar-refractivity contribution is 0.0173. The van der Waals surface area contributed by atoms with E-state index in [2.05, 4.69) is 18.0 Å². The van der Waals surface area contributed by atoms with Crippen molar-refractivity contribution in [3.05, 3.63) is 41.7 Å². The average molecular weight is 263 g/mol. The molecule has 0 bridgehead atoms. The van der Waals surface area contributed by atoms with Gasteiger partial charge in [0.25, 0.3) is 0 Å². The molecular formula is C16H22FNO. The monoisotopic (exact) mass is 263 g/mol. The zero-order valence-corrected chi connectivity index (χ0v) is 11.5. The van der Waals surface area contributed by atoms with Gasteiger partial charge >= 0.3 is 0 Å². The summed E-state index contributed by atoms with van der Waals surface area (Å²) in [6.45, 7) is 2.08. The lowest BCUT2D eigenvalue weighted by atomic mass is 9.69. The highest BCUT2D eigenvalue weighted by Crippen LogP contribution is 2.40. The number of hydrogen-bond acceptors (Lipinski definition) is 2. The second kappa shape index (κ2) is 6.31. The number of aliphatic hydroxyl groups excluding tert-OH is 1. The molecule has 1 aliphatic carbocycles. The van der Waals surface area contributed by atoms with E-state index in [-0.39, 0.29) is 11.2 Å². The summed E-state index contributed by atoms with van der Waals surface area (Å²) >= 11 is 0. The smallest absolute Gasteiger partial charge is 0.123 e. The minimum Gasteiger partial charge on any atom is -0.396 e. The summed E-state index contributed by atoms with van der Waals surface area (Å²) < 4.78 is 12.8. The third-order valence-electron chi connectivity index (χ3n) is 3.95. The van der Waals surface area contributed by atoms with Gasteiger partial charge in [0.2, 0.25) is 0 Å². The predicted molar refractivity (Wildman–Crippen MR) is 76.3 cm³/mol. The Kier molecular flexibility index (Phi) is 4.72. The highest BCUT2D eigenvalue weighted by Gasteiger charge is 2.36. The Balaban J connectivity index is 1.79. The third kappa shape index (κ3) is 3.88. The molecule has 0 spiro atoms. The molecule has 0 amide bonds. The minimum atomic E-state index is -0.205. The highest BCUT2D eigenvalue weighted by molar-refractivity contribution is 5.48. The molecule has 1 aliphatic rings. The quantitative estimate of drug-likeness (QED) is 0.853. The second-order valence-corrected chi connectivity index (χ2v) is 5.66. The summed E-state index contributed by atoms with van der Waals surface area (Å²) in [6.07, 6.45) is 7.59. The number of rotatable bonds is 6. The number of hydrogen-bond donors (Lipinski definition) is 1. The van der Waals surface area contributed by atoms with Crippen molar-refractivity contribution in [2.45, 2.75) is 19.3 Å². The molecule has 3 heteroatoms. The zero-order valence-electron chi connectivity index (χ0n) is 11.5. The number of aliphatic hydroxyl groups is 1. The lowest BCUT2D eigenvalue weighted by Gasteiger charge is -2.42. The van der Waals surface area contributed by atoms with Gasteiger partial charge in [0.15, 0.2) is 0 Å². The number of halogens is 1.